The summed E-state index contributed by atoms with van der Waals surface area (Å²) in [5.74, 6) is 0.805. The van der Waals surface area contributed by atoms with Gasteiger partial charge < -0.3 is 5.32 Å². The Labute approximate surface area is 93.6 Å². The monoisotopic (exact) mass is 215 g/mol. The Morgan fingerprint density at radius 1 is 1.31 bits per heavy atom. The minimum Gasteiger partial charge on any atom is -0.309 e. The average Bonchev–Trinajstić information content (AvgIpc) is 3.03. The molecule has 1 fully saturated rings. The van der Waals surface area contributed by atoms with E-state index in [1.165, 1.54) is 6.42 Å². The van der Waals surface area contributed by atoms with E-state index in [1.807, 2.05) is 17.0 Å². The van der Waals surface area contributed by atoms with Gasteiger partial charge in [-0.1, -0.05) is 0 Å². The molecular formula is C11H13N5. The number of nitrogens with zero attached hydrogens (tertiary/aromatic N) is 4. The largest absolute Gasteiger partial charge is 0.309 e. The highest BCUT2D eigenvalue weighted by Crippen LogP contribution is 2.20. The third-order valence-electron chi connectivity index (χ3n) is 2.84. The second-order valence-corrected chi connectivity index (χ2v) is 3.92. The SMILES string of the molecule is c1cn(-c2cnc(C3CCCN3)cn2)cn1. The summed E-state index contributed by atoms with van der Waals surface area (Å²) in [6.45, 7) is 1.08. The highest BCUT2D eigenvalue weighted by molar-refractivity contribution is 5.19. The molecule has 1 N–H and O–H groups in total. The molecule has 1 unspecified atom stereocenters. The van der Waals surface area contributed by atoms with Gasteiger partial charge in [0.1, 0.15) is 6.33 Å². The van der Waals surface area contributed by atoms with Crippen molar-refractivity contribution in [2.75, 3.05) is 6.54 Å². The van der Waals surface area contributed by atoms with Crippen LogP contribution < -0.4 is 5.32 Å². The molecule has 0 bridgehead atoms. The maximum atomic E-state index is 4.44. The van der Waals surface area contributed by atoms with Gasteiger partial charge in [-0.05, 0) is 19.4 Å². The molecule has 0 spiro atoms. The molecule has 2 aromatic rings. The van der Waals surface area contributed by atoms with Gasteiger partial charge in [-0.2, -0.15) is 0 Å². The highest BCUT2D eigenvalue weighted by atomic mass is 15.1. The van der Waals surface area contributed by atoms with Crippen LogP contribution in [0, 0.1) is 0 Å². The van der Waals surface area contributed by atoms with Crippen LogP contribution in [0.1, 0.15) is 24.6 Å². The molecule has 3 heterocycles. The molecule has 0 aliphatic carbocycles. The second-order valence-electron chi connectivity index (χ2n) is 3.92. The molecule has 1 saturated heterocycles. The normalized spacial score (nSPS) is 20.1. The first-order chi connectivity index (χ1) is 7.93. The van der Waals surface area contributed by atoms with Crippen LogP contribution in [0.3, 0.4) is 0 Å². The molecule has 1 aliphatic heterocycles. The predicted octanol–water partition coefficient (Wildman–Crippen LogP) is 1.09. The maximum absolute atomic E-state index is 4.44. The van der Waals surface area contributed by atoms with Crippen LogP contribution in [-0.4, -0.2) is 26.1 Å². The van der Waals surface area contributed by atoms with Gasteiger partial charge in [-0.25, -0.2) is 9.97 Å². The minimum atomic E-state index is 0.379. The second kappa shape index (κ2) is 4.02. The van der Waals surface area contributed by atoms with E-state index in [2.05, 4.69) is 20.3 Å². The zero-order valence-electron chi connectivity index (χ0n) is 8.87. The molecule has 3 rings (SSSR count). The molecule has 2 aromatic heterocycles. The predicted molar refractivity (Wildman–Crippen MR) is 59.1 cm³/mol. The van der Waals surface area contributed by atoms with Crippen LogP contribution in [0.15, 0.2) is 31.1 Å². The Morgan fingerprint density at radius 3 is 2.94 bits per heavy atom. The van der Waals surface area contributed by atoms with Crippen LogP contribution in [0.4, 0.5) is 0 Å². The Balaban J connectivity index is 1.84. The molecule has 0 saturated carbocycles. The molecule has 5 nitrogen and oxygen atoms in total. The zero-order chi connectivity index (χ0) is 10.8. The van der Waals surface area contributed by atoms with E-state index in [1.54, 1.807) is 18.7 Å². The molecule has 0 radical (unpaired) electrons. The van der Waals surface area contributed by atoms with Gasteiger partial charge >= 0.3 is 0 Å². The number of hydrogen-bond donors (Lipinski definition) is 1. The van der Waals surface area contributed by atoms with Gasteiger partial charge in [0.05, 0.1) is 24.1 Å². The van der Waals surface area contributed by atoms with E-state index < -0.39 is 0 Å². The van der Waals surface area contributed by atoms with Crippen molar-refractivity contribution < 1.29 is 0 Å². The summed E-state index contributed by atoms with van der Waals surface area (Å²) in [4.78, 5) is 12.8. The van der Waals surface area contributed by atoms with Crippen molar-refractivity contribution in [1.82, 2.24) is 24.8 Å². The molecular weight excluding hydrogens is 202 g/mol. The fourth-order valence-electron chi connectivity index (χ4n) is 1.98. The first-order valence-corrected chi connectivity index (χ1v) is 5.47. The number of rotatable bonds is 2. The smallest absolute Gasteiger partial charge is 0.156 e. The zero-order valence-corrected chi connectivity index (χ0v) is 8.87. The van der Waals surface area contributed by atoms with Crippen LogP contribution in [-0.2, 0) is 0 Å². The van der Waals surface area contributed by atoms with Crippen molar-refractivity contribution in [3.8, 4) is 5.82 Å². The van der Waals surface area contributed by atoms with Gasteiger partial charge in [0.25, 0.3) is 0 Å². The van der Waals surface area contributed by atoms with Crippen molar-refractivity contribution >= 4 is 0 Å². The summed E-state index contributed by atoms with van der Waals surface area (Å²) in [6.07, 6.45) is 11.3. The minimum absolute atomic E-state index is 0.379. The summed E-state index contributed by atoms with van der Waals surface area (Å²) in [5.41, 5.74) is 1.03. The summed E-state index contributed by atoms with van der Waals surface area (Å²) in [6, 6.07) is 0.379. The number of aromatic nitrogens is 4. The fraction of sp³-hybridized carbons (Fsp3) is 0.364. The Morgan fingerprint density at radius 2 is 2.31 bits per heavy atom. The van der Waals surface area contributed by atoms with Crippen LogP contribution in [0.2, 0.25) is 0 Å². The average molecular weight is 215 g/mol. The molecule has 0 amide bonds. The molecule has 1 atom stereocenters. The Bertz CT molecular complexity index is 442. The van der Waals surface area contributed by atoms with Crippen LogP contribution >= 0.6 is 0 Å². The van der Waals surface area contributed by atoms with E-state index in [4.69, 9.17) is 0 Å². The molecule has 1 aliphatic rings. The Hall–Kier alpha value is -1.75. The molecule has 5 heteroatoms. The van der Waals surface area contributed by atoms with Gasteiger partial charge in [0.15, 0.2) is 5.82 Å². The fourth-order valence-corrected chi connectivity index (χ4v) is 1.98. The lowest BCUT2D eigenvalue weighted by Gasteiger charge is -2.09. The van der Waals surface area contributed by atoms with Crippen molar-refractivity contribution in [3.05, 3.63) is 36.8 Å². The molecule has 0 aromatic carbocycles. The van der Waals surface area contributed by atoms with E-state index >= 15 is 0 Å². The van der Waals surface area contributed by atoms with Gasteiger partial charge in [-0.3, -0.25) is 9.55 Å². The standard InChI is InChI=1S/C11H13N5/c1-2-9(13-3-1)10-6-15-11(7-14-10)16-5-4-12-8-16/h4-9,13H,1-3H2. The van der Waals surface area contributed by atoms with Gasteiger partial charge in [-0.15, -0.1) is 0 Å². The lowest BCUT2D eigenvalue weighted by atomic mass is 10.2. The van der Waals surface area contributed by atoms with Crippen LogP contribution in [0.25, 0.3) is 5.82 Å². The quantitative estimate of drug-likeness (QED) is 0.814. The lowest BCUT2D eigenvalue weighted by molar-refractivity contribution is 0.623. The van der Waals surface area contributed by atoms with Crippen molar-refractivity contribution in [2.45, 2.75) is 18.9 Å². The summed E-state index contributed by atoms with van der Waals surface area (Å²) < 4.78 is 1.85. The van der Waals surface area contributed by atoms with Crippen molar-refractivity contribution in [3.63, 3.8) is 0 Å². The third kappa shape index (κ3) is 1.69. The first-order valence-electron chi connectivity index (χ1n) is 5.47. The molecule has 16 heavy (non-hydrogen) atoms. The van der Waals surface area contributed by atoms with Gasteiger partial charge in [0, 0.05) is 12.4 Å². The third-order valence-corrected chi connectivity index (χ3v) is 2.84. The maximum Gasteiger partial charge on any atom is 0.156 e. The van der Waals surface area contributed by atoms with Crippen molar-refractivity contribution in [1.29, 1.82) is 0 Å². The lowest BCUT2D eigenvalue weighted by Crippen LogP contribution is -2.14. The topological polar surface area (TPSA) is 55.6 Å². The summed E-state index contributed by atoms with van der Waals surface area (Å²) in [5, 5.41) is 3.41. The number of nitrogens with one attached hydrogen (secondary N) is 1. The van der Waals surface area contributed by atoms with E-state index in [-0.39, 0.29) is 0 Å². The van der Waals surface area contributed by atoms with E-state index in [0.29, 0.717) is 6.04 Å². The number of hydrogen-bond acceptors (Lipinski definition) is 4. The first kappa shape index (κ1) is 9.47. The highest BCUT2D eigenvalue weighted by Gasteiger charge is 2.17. The van der Waals surface area contributed by atoms with Gasteiger partial charge in [0.2, 0.25) is 0 Å². The van der Waals surface area contributed by atoms with Crippen molar-refractivity contribution in [2.24, 2.45) is 0 Å². The van der Waals surface area contributed by atoms with E-state index in [9.17, 15) is 0 Å². The molecule has 82 valence electrons. The Kier molecular flexibility index (Phi) is 2.38. The van der Waals surface area contributed by atoms with Crippen LogP contribution in [0.5, 0.6) is 0 Å². The van der Waals surface area contributed by atoms with E-state index in [0.717, 1.165) is 24.5 Å². The summed E-state index contributed by atoms with van der Waals surface area (Å²) >= 11 is 0. The summed E-state index contributed by atoms with van der Waals surface area (Å²) in [7, 11) is 0. The number of imidazole rings is 1.